The number of hydrogen-bond donors (Lipinski definition) is 0. The van der Waals surface area contributed by atoms with Crippen molar-refractivity contribution in [2.45, 2.75) is 39.8 Å². The molecule has 1 saturated heterocycles. The standard InChI is InChI=1S/C10H21NO3S/c1-8(2)6-14-10-5-11(9(3)4)15(12,13)7-10/h8-10H,5-7H2,1-4H3. The molecule has 0 aromatic heterocycles. The molecule has 1 heterocycles. The summed E-state index contributed by atoms with van der Waals surface area (Å²) in [5.41, 5.74) is 0. The smallest absolute Gasteiger partial charge is 0.217 e. The predicted molar refractivity (Wildman–Crippen MR) is 60.2 cm³/mol. The fourth-order valence-electron chi connectivity index (χ4n) is 1.66. The van der Waals surface area contributed by atoms with E-state index in [4.69, 9.17) is 4.74 Å². The molecule has 1 unspecified atom stereocenters. The van der Waals surface area contributed by atoms with Crippen molar-refractivity contribution in [2.24, 2.45) is 5.92 Å². The fraction of sp³-hybridized carbons (Fsp3) is 1.00. The molecule has 1 aliphatic heterocycles. The van der Waals surface area contributed by atoms with Crippen molar-refractivity contribution in [2.75, 3.05) is 18.9 Å². The highest BCUT2D eigenvalue weighted by Crippen LogP contribution is 2.19. The van der Waals surface area contributed by atoms with E-state index in [0.717, 1.165) is 0 Å². The van der Waals surface area contributed by atoms with Gasteiger partial charge in [-0.1, -0.05) is 13.8 Å². The SMILES string of the molecule is CC(C)COC1CN(C(C)C)S(=O)(=O)C1. The Hall–Kier alpha value is -0.130. The summed E-state index contributed by atoms with van der Waals surface area (Å²) in [6.07, 6.45) is -0.153. The molecule has 0 radical (unpaired) electrons. The van der Waals surface area contributed by atoms with E-state index in [1.54, 1.807) is 0 Å². The molecule has 0 amide bonds. The zero-order chi connectivity index (χ0) is 11.6. The van der Waals surface area contributed by atoms with E-state index >= 15 is 0 Å². The third-order valence-electron chi connectivity index (χ3n) is 2.38. The first-order valence-electron chi connectivity index (χ1n) is 5.44. The molecular formula is C10H21NO3S. The van der Waals surface area contributed by atoms with E-state index in [2.05, 4.69) is 13.8 Å². The maximum absolute atomic E-state index is 11.7. The second-order valence-electron chi connectivity index (χ2n) is 4.79. The maximum atomic E-state index is 11.7. The second kappa shape index (κ2) is 4.80. The average Bonchev–Trinajstić information content (AvgIpc) is 2.37. The largest absolute Gasteiger partial charge is 0.375 e. The normalized spacial score (nSPS) is 26.7. The van der Waals surface area contributed by atoms with Crippen LogP contribution < -0.4 is 0 Å². The van der Waals surface area contributed by atoms with Crippen LogP contribution in [-0.2, 0) is 14.8 Å². The van der Waals surface area contributed by atoms with Crippen LogP contribution in [0, 0.1) is 5.92 Å². The van der Waals surface area contributed by atoms with E-state index in [1.165, 1.54) is 4.31 Å². The molecule has 15 heavy (non-hydrogen) atoms. The van der Waals surface area contributed by atoms with Crippen molar-refractivity contribution >= 4 is 10.0 Å². The van der Waals surface area contributed by atoms with Crippen LogP contribution in [0.3, 0.4) is 0 Å². The summed E-state index contributed by atoms with van der Waals surface area (Å²) < 4.78 is 30.5. The molecule has 0 saturated carbocycles. The highest BCUT2D eigenvalue weighted by Gasteiger charge is 2.38. The third kappa shape index (κ3) is 3.43. The summed E-state index contributed by atoms with van der Waals surface area (Å²) in [7, 11) is -3.08. The lowest BCUT2D eigenvalue weighted by molar-refractivity contribution is 0.0459. The van der Waals surface area contributed by atoms with Crippen LogP contribution in [0.5, 0.6) is 0 Å². The molecule has 1 rings (SSSR count). The van der Waals surface area contributed by atoms with Crippen LogP contribution in [0.15, 0.2) is 0 Å². The third-order valence-corrected chi connectivity index (χ3v) is 4.46. The summed E-state index contributed by atoms with van der Waals surface area (Å²) in [6.45, 7) is 9.04. The van der Waals surface area contributed by atoms with Gasteiger partial charge < -0.3 is 4.74 Å². The highest BCUT2D eigenvalue weighted by atomic mass is 32.2. The van der Waals surface area contributed by atoms with E-state index < -0.39 is 10.0 Å². The van der Waals surface area contributed by atoms with E-state index in [-0.39, 0.29) is 17.9 Å². The summed E-state index contributed by atoms with van der Waals surface area (Å²) >= 11 is 0. The monoisotopic (exact) mass is 235 g/mol. The van der Waals surface area contributed by atoms with Crippen molar-refractivity contribution in [1.82, 2.24) is 4.31 Å². The Labute approximate surface area is 92.7 Å². The summed E-state index contributed by atoms with van der Waals surface area (Å²) in [5.74, 6) is 0.582. The van der Waals surface area contributed by atoms with Crippen molar-refractivity contribution in [3.05, 3.63) is 0 Å². The zero-order valence-electron chi connectivity index (χ0n) is 9.93. The Morgan fingerprint density at radius 3 is 2.33 bits per heavy atom. The molecule has 1 fully saturated rings. The first-order chi connectivity index (χ1) is 6.83. The van der Waals surface area contributed by atoms with Gasteiger partial charge in [0.1, 0.15) is 0 Å². The van der Waals surface area contributed by atoms with Gasteiger partial charge in [0, 0.05) is 19.2 Å². The Bertz CT molecular complexity index is 298. The minimum Gasteiger partial charge on any atom is -0.375 e. The summed E-state index contributed by atoms with van der Waals surface area (Å²) in [6, 6.07) is 0.0302. The number of rotatable bonds is 4. The van der Waals surface area contributed by atoms with Crippen LogP contribution in [0.1, 0.15) is 27.7 Å². The highest BCUT2D eigenvalue weighted by molar-refractivity contribution is 7.89. The fourth-order valence-corrected chi connectivity index (χ4v) is 3.56. The van der Waals surface area contributed by atoms with Gasteiger partial charge in [-0.3, -0.25) is 0 Å². The minimum atomic E-state index is -3.08. The topological polar surface area (TPSA) is 46.6 Å². The molecule has 90 valence electrons. The van der Waals surface area contributed by atoms with Gasteiger partial charge in [-0.25, -0.2) is 8.42 Å². The van der Waals surface area contributed by atoms with Gasteiger partial charge in [0.2, 0.25) is 10.0 Å². The number of sulfonamides is 1. The number of ether oxygens (including phenoxy) is 1. The molecule has 1 aliphatic rings. The van der Waals surface area contributed by atoms with Crippen molar-refractivity contribution in [1.29, 1.82) is 0 Å². The van der Waals surface area contributed by atoms with Crippen LogP contribution >= 0.6 is 0 Å². The number of hydrogen-bond acceptors (Lipinski definition) is 3. The van der Waals surface area contributed by atoms with Gasteiger partial charge >= 0.3 is 0 Å². The van der Waals surface area contributed by atoms with Crippen LogP contribution in [-0.4, -0.2) is 43.8 Å². The Balaban J connectivity index is 2.55. The van der Waals surface area contributed by atoms with E-state index in [0.29, 0.717) is 19.1 Å². The quantitative estimate of drug-likeness (QED) is 0.732. The lowest BCUT2D eigenvalue weighted by Crippen LogP contribution is -2.33. The maximum Gasteiger partial charge on any atom is 0.217 e. The summed E-state index contributed by atoms with van der Waals surface area (Å²) in [4.78, 5) is 0. The average molecular weight is 235 g/mol. The van der Waals surface area contributed by atoms with Gasteiger partial charge in [-0.2, -0.15) is 4.31 Å². The molecule has 5 heteroatoms. The number of nitrogens with zero attached hydrogens (tertiary/aromatic N) is 1. The molecule has 0 N–H and O–H groups in total. The van der Waals surface area contributed by atoms with Gasteiger partial charge in [-0.15, -0.1) is 0 Å². The first kappa shape index (κ1) is 12.9. The van der Waals surface area contributed by atoms with Crippen molar-refractivity contribution < 1.29 is 13.2 Å². The van der Waals surface area contributed by atoms with Gasteiger partial charge in [-0.05, 0) is 19.8 Å². The molecule has 4 nitrogen and oxygen atoms in total. The Kier molecular flexibility index (Phi) is 4.14. The lowest BCUT2D eigenvalue weighted by Gasteiger charge is -2.18. The molecule has 0 spiro atoms. The van der Waals surface area contributed by atoms with Gasteiger partial charge in [0.25, 0.3) is 0 Å². The predicted octanol–water partition coefficient (Wildman–Crippen LogP) is 1.08. The minimum absolute atomic E-state index is 0.0302. The van der Waals surface area contributed by atoms with Crippen LogP contribution in [0.4, 0.5) is 0 Å². The Morgan fingerprint density at radius 2 is 1.93 bits per heavy atom. The first-order valence-corrected chi connectivity index (χ1v) is 7.05. The zero-order valence-corrected chi connectivity index (χ0v) is 10.8. The molecule has 0 aliphatic carbocycles. The molecule has 1 atom stereocenters. The molecular weight excluding hydrogens is 214 g/mol. The summed E-state index contributed by atoms with van der Waals surface area (Å²) in [5, 5.41) is 0. The van der Waals surface area contributed by atoms with Gasteiger partial charge in [0.05, 0.1) is 11.9 Å². The van der Waals surface area contributed by atoms with Gasteiger partial charge in [0.15, 0.2) is 0 Å². The van der Waals surface area contributed by atoms with E-state index in [9.17, 15) is 8.42 Å². The Morgan fingerprint density at radius 1 is 1.33 bits per heavy atom. The second-order valence-corrected chi connectivity index (χ2v) is 6.76. The lowest BCUT2D eigenvalue weighted by atomic mass is 10.2. The molecule has 0 aromatic carbocycles. The van der Waals surface area contributed by atoms with Crippen LogP contribution in [0.2, 0.25) is 0 Å². The van der Waals surface area contributed by atoms with Crippen molar-refractivity contribution in [3.8, 4) is 0 Å². The van der Waals surface area contributed by atoms with Crippen LogP contribution in [0.25, 0.3) is 0 Å². The van der Waals surface area contributed by atoms with E-state index in [1.807, 2.05) is 13.8 Å². The van der Waals surface area contributed by atoms with Crippen molar-refractivity contribution in [3.63, 3.8) is 0 Å². The molecule has 0 bridgehead atoms. The molecule has 0 aromatic rings.